The van der Waals surface area contributed by atoms with Crippen LogP contribution in [-0.2, 0) is 4.74 Å². The molecule has 1 atom stereocenters. The van der Waals surface area contributed by atoms with Gasteiger partial charge in [0.2, 0.25) is 5.95 Å². The van der Waals surface area contributed by atoms with Gasteiger partial charge in [0.1, 0.15) is 5.75 Å². The molecule has 0 spiro atoms. The maximum atomic E-state index is 12.7. The average Bonchev–Trinajstić information content (AvgIpc) is 2.98. The van der Waals surface area contributed by atoms with Crippen LogP contribution in [-0.4, -0.2) is 84.4 Å². The lowest BCUT2D eigenvalue weighted by Crippen LogP contribution is -2.43. The van der Waals surface area contributed by atoms with Gasteiger partial charge in [0.05, 0.1) is 20.3 Å². The fourth-order valence-corrected chi connectivity index (χ4v) is 4.69. The van der Waals surface area contributed by atoms with Crippen molar-refractivity contribution in [2.24, 2.45) is 5.73 Å². The number of amides is 2. The van der Waals surface area contributed by atoms with E-state index < -0.39 is 5.91 Å². The lowest BCUT2D eigenvalue weighted by Gasteiger charge is -2.33. The van der Waals surface area contributed by atoms with Crippen LogP contribution in [0.1, 0.15) is 33.7 Å². The van der Waals surface area contributed by atoms with Crippen molar-refractivity contribution < 1.29 is 19.1 Å². The molecule has 12 heteroatoms. The molecule has 3 aromatic rings. The number of hydrogen-bond donors (Lipinski definition) is 3. The number of morpholine rings is 1. The fraction of sp³-hybridized carbons (Fsp3) is 0.370. The zero-order chi connectivity index (χ0) is 27.2. The van der Waals surface area contributed by atoms with Gasteiger partial charge in [-0.3, -0.25) is 9.59 Å². The SMILES string of the molecule is COc1ccc(N[C@@H]2CCCN(c3nnc(C(N)=O)c(Nc4ccc(C(=O)N5CCOCC5)cc4)n3)C2)cc1. The standard InChI is InChI=1S/C27H32N8O4/c1-38-22-10-8-19(9-11-22)29-21-3-2-12-35(17-21)27-31-25(23(24(28)36)32-33-27)30-20-6-4-18(5-7-20)26(37)34-13-15-39-16-14-34/h4-11,21,29H,2-3,12-17H2,1H3,(H2,28,36)(H,30,31,33)/t21-/m1/s1. The van der Waals surface area contributed by atoms with Gasteiger partial charge in [-0.25, -0.2) is 0 Å². The number of primary amides is 1. The number of nitrogens with zero attached hydrogens (tertiary/aromatic N) is 5. The van der Waals surface area contributed by atoms with Crippen LogP contribution in [0.5, 0.6) is 5.75 Å². The second kappa shape index (κ2) is 11.9. The first kappa shape index (κ1) is 26.2. The minimum absolute atomic E-state index is 0.0448. The highest BCUT2D eigenvalue weighted by Crippen LogP contribution is 2.24. The summed E-state index contributed by atoms with van der Waals surface area (Å²) in [5.41, 5.74) is 7.71. The number of hydrogen-bond acceptors (Lipinski definition) is 10. The van der Waals surface area contributed by atoms with Gasteiger partial charge in [-0.15, -0.1) is 10.2 Å². The molecule has 39 heavy (non-hydrogen) atoms. The minimum atomic E-state index is -0.735. The second-order valence-electron chi connectivity index (χ2n) is 9.44. The van der Waals surface area contributed by atoms with Crippen LogP contribution in [0.25, 0.3) is 0 Å². The van der Waals surface area contributed by atoms with Crippen molar-refractivity contribution >= 4 is 35.0 Å². The molecular weight excluding hydrogens is 500 g/mol. The number of aromatic nitrogens is 3. The molecule has 2 aliphatic heterocycles. The van der Waals surface area contributed by atoms with E-state index in [1.807, 2.05) is 29.2 Å². The monoisotopic (exact) mass is 532 g/mol. The zero-order valence-electron chi connectivity index (χ0n) is 21.8. The maximum absolute atomic E-state index is 12.7. The van der Waals surface area contributed by atoms with E-state index in [0.717, 1.165) is 30.8 Å². The van der Waals surface area contributed by atoms with Crippen LogP contribution in [0.3, 0.4) is 0 Å². The first-order valence-corrected chi connectivity index (χ1v) is 12.9. The van der Waals surface area contributed by atoms with Crippen LogP contribution < -0.4 is 26.0 Å². The number of rotatable bonds is 8. The summed E-state index contributed by atoms with van der Waals surface area (Å²) < 4.78 is 10.6. The number of piperidine rings is 1. The molecule has 3 heterocycles. The Labute approximate surface area is 226 Å². The maximum Gasteiger partial charge on any atom is 0.273 e. The molecule has 2 saturated heterocycles. The van der Waals surface area contributed by atoms with E-state index in [0.29, 0.717) is 50.0 Å². The topological polar surface area (TPSA) is 148 Å². The Bertz CT molecular complexity index is 1300. The van der Waals surface area contributed by atoms with Crippen LogP contribution in [0.2, 0.25) is 0 Å². The molecule has 2 amide bonds. The normalized spacial score (nSPS) is 17.4. The highest BCUT2D eigenvalue weighted by atomic mass is 16.5. The van der Waals surface area contributed by atoms with Crippen molar-refractivity contribution in [2.75, 3.05) is 62.0 Å². The van der Waals surface area contributed by atoms with E-state index in [4.69, 9.17) is 15.2 Å². The molecule has 204 valence electrons. The first-order chi connectivity index (χ1) is 19.0. The summed E-state index contributed by atoms with van der Waals surface area (Å²) in [6, 6.07) is 15.0. The number of nitrogens with two attached hydrogens (primary N) is 1. The minimum Gasteiger partial charge on any atom is -0.497 e. The van der Waals surface area contributed by atoms with Crippen molar-refractivity contribution in [1.82, 2.24) is 20.1 Å². The van der Waals surface area contributed by atoms with E-state index in [9.17, 15) is 9.59 Å². The van der Waals surface area contributed by atoms with Gasteiger partial charge in [0, 0.05) is 49.2 Å². The molecule has 0 radical (unpaired) electrons. The van der Waals surface area contributed by atoms with Gasteiger partial charge >= 0.3 is 0 Å². The lowest BCUT2D eigenvalue weighted by molar-refractivity contribution is 0.0303. The van der Waals surface area contributed by atoms with Crippen molar-refractivity contribution in [3.63, 3.8) is 0 Å². The molecular formula is C27H32N8O4. The predicted molar refractivity (Wildman–Crippen MR) is 147 cm³/mol. The largest absolute Gasteiger partial charge is 0.497 e. The summed E-state index contributed by atoms with van der Waals surface area (Å²) in [7, 11) is 1.64. The molecule has 0 aliphatic carbocycles. The van der Waals surface area contributed by atoms with Gasteiger partial charge in [-0.05, 0) is 61.4 Å². The third kappa shape index (κ3) is 6.34. The van der Waals surface area contributed by atoms with E-state index in [1.54, 1.807) is 36.3 Å². The van der Waals surface area contributed by atoms with Crippen molar-refractivity contribution in [2.45, 2.75) is 18.9 Å². The highest BCUT2D eigenvalue weighted by molar-refractivity contribution is 5.97. The van der Waals surface area contributed by atoms with Crippen molar-refractivity contribution in [1.29, 1.82) is 0 Å². The van der Waals surface area contributed by atoms with Gasteiger partial charge in [0.15, 0.2) is 11.5 Å². The summed E-state index contributed by atoms with van der Waals surface area (Å²) in [6.45, 7) is 3.66. The number of benzene rings is 2. The Kier molecular flexibility index (Phi) is 8.02. The summed E-state index contributed by atoms with van der Waals surface area (Å²) in [5, 5.41) is 15.0. The Morgan fingerprint density at radius 2 is 1.72 bits per heavy atom. The molecule has 5 rings (SSSR count). The fourth-order valence-electron chi connectivity index (χ4n) is 4.69. The summed E-state index contributed by atoms with van der Waals surface area (Å²) in [6.07, 6.45) is 1.94. The summed E-state index contributed by atoms with van der Waals surface area (Å²) in [5.74, 6) is 0.642. The zero-order valence-corrected chi connectivity index (χ0v) is 21.8. The highest BCUT2D eigenvalue weighted by Gasteiger charge is 2.24. The van der Waals surface area contributed by atoms with Crippen LogP contribution >= 0.6 is 0 Å². The van der Waals surface area contributed by atoms with Crippen LogP contribution in [0.15, 0.2) is 48.5 Å². The number of anilines is 4. The summed E-state index contributed by atoms with van der Waals surface area (Å²) in [4.78, 5) is 33.2. The Morgan fingerprint density at radius 3 is 2.41 bits per heavy atom. The molecule has 12 nitrogen and oxygen atoms in total. The van der Waals surface area contributed by atoms with Crippen molar-refractivity contribution in [3.8, 4) is 5.75 Å². The lowest BCUT2D eigenvalue weighted by atomic mass is 10.1. The smallest absolute Gasteiger partial charge is 0.273 e. The second-order valence-corrected chi connectivity index (χ2v) is 9.44. The Hall–Kier alpha value is -4.45. The molecule has 0 saturated carbocycles. The number of carbonyl (C=O) groups excluding carboxylic acids is 2. The van der Waals surface area contributed by atoms with E-state index in [1.165, 1.54) is 0 Å². The van der Waals surface area contributed by atoms with Crippen molar-refractivity contribution in [3.05, 3.63) is 59.8 Å². The summed E-state index contributed by atoms with van der Waals surface area (Å²) >= 11 is 0. The Morgan fingerprint density at radius 1 is 1.00 bits per heavy atom. The van der Waals surface area contributed by atoms with Crippen LogP contribution in [0.4, 0.5) is 23.1 Å². The van der Waals surface area contributed by atoms with E-state index in [-0.39, 0.29) is 23.5 Å². The van der Waals surface area contributed by atoms with E-state index >= 15 is 0 Å². The number of nitrogens with one attached hydrogen (secondary N) is 2. The van der Waals surface area contributed by atoms with Gasteiger partial charge in [-0.2, -0.15) is 4.98 Å². The van der Waals surface area contributed by atoms with Crippen LogP contribution in [0, 0.1) is 0 Å². The van der Waals surface area contributed by atoms with E-state index in [2.05, 4.69) is 25.8 Å². The molecule has 2 aromatic carbocycles. The first-order valence-electron chi connectivity index (χ1n) is 12.9. The average molecular weight is 533 g/mol. The van der Waals surface area contributed by atoms with Gasteiger partial charge < -0.3 is 35.6 Å². The molecule has 2 fully saturated rings. The number of carbonyl (C=O) groups is 2. The van der Waals surface area contributed by atoms with Gasteiger partial charge in [0.25, 0.3) is 11.8 Å². The number of ether oxygens (including phenoxy) is 2. The number of methoxy groups -OCH3 is 1. The molecule has 0 bridgehead atoms. The molecule has 4 N–H and O–H groups in total. The predicted octanol–water partition coefficient (Wildman–Crippen LogP) is 2.28. The van der Waals surface area contributed by atoms with Gasteiger partial charge in [-0.1, -0.05) is 0 Å². The third-order valence-electron chi connectivity index (χ3n) is 6.77. The Balaban J connectivity index is 1.29. The molecule has 1 aromatic heterocycles. The molecule has 2 aliphatic rings. The molecule has 0 unspecified atom stereocenters. The quantitative estimate of drug-likeness (QED) is 0.395. The third-order valence-corrected chi connectivity index (χ3v) is 6.77.